The average Bonchev–Trinajstić information content (AvgIpc) is 3.40. The SMILES string of the molecule is COc1ccccc1-c1nnc(SCCN2CCOCC2)n1Cc1ccco1. The first-order chi connectivity index (χ1) is 13.8. The Morgan fingerprint density at radius 3 is 2.75 bits per heavy atom. The Morgan fingerprint density at radius 1 is 1.11 bits per heavy atom. The zero-order valence-electron chi connectivity index (χ0n) is 15.9. The summed E-state index contributed by atoms with van der Waals surface area (Å²) in [6.07, 6.45) is 1.69. The third-order valence-electron chi connectivity index (χ3n) is 4.70. The Balaban J connectivity index is 1.56. The lowest BCUT2D eigenvalue weighted by atomic mass is 10.2. The Labute approximate surface area is 168 Å². The molecule has 28 heavy (non-hydrogen) atoms. The van der Waals surface area contributed by atoms with E-state index in [1.807, 2.05) is 36.4 Å². The number of furan rings is 1. The van der Waals surface area contributed by atoms with Crippen LogP contribution in [0.3, 0.4) is 0 Å². The van der Waals surface area contributed by atoms with Crippen LogP contribution in [0.4, 0.5) is 0 Å². The Hall–Kier alpha value is -2.29. The lowest BCUT2D eigenvalue weighted by molar-refractivity contribution is 0.0410. The number of methoxy groups -OCH3 is 1. The summed E-state index contributed by atoms with van der Waals surface area (Å²) in [4.78, 5) is 2.42. The second-order valence-electron chi connectivity index (χ2n) is 6.47. The van der Waals surface area contributed by atoms with Crippen LogP contribution in [0.15, 0.2) is 52.2 Å². The van der Waals surface area contributed by atoms with Crippen molar-refractivity contribution in [3.63, 3.8) is 0 Å². The Morgan fingerprint density at radius 2 is 1.96 bits per heavy atom. The van der Waals surface area contributed by atoms with E-state index in [9.17, 15) is 0 Å². The van der Waals surface area contributed by atoms with Crippen molar-refractivity contribution in [2.75, 3.05) is 45.7 Å². The molecule has 1 fully saturated rings. The summed E-state index contributed by atoms with van der Waals surface area (Å²) in [6, 6.07) is 11.7. The number of nitrogens with zero attached hydrogens (tertiary/aromatic N) is 4. The number of aromatic nitrogens is 3. The molecule has 0 atom stereocenters. The van der Waals surface area contributed by atoms with Crippen molar-refractivity contribution < 1.29 is 13.9 Å². The van der Waals surface area contributed by atoms with Crippen LogP contribution >= 0.6 is 11.8 Å². The number of ether oxygens (including phenoxy) is 2. The van der Waals surface area contributed by atoms with E-state index < -0.39 is 0 Å². The summed E-state index contributed by atoms with van der Waals surface area (Å²) in [5.41, 5.74) is 0.920. The minimum absolute atomic E-state index is 0.577. The lowest BCUT2D eigenvalue weighted by Gasteiger charge is -2.26. The van der Waals surface area contributed by atoms with E-state index in [0.717, 1.165) is 66.7 Å². The molecule has 4 rings (SSSR count). The second kappa shape index (κ2) is 9.27. The van der Waals surface area contributed by atoms with Crippen molar-refractivity contribution in [2.45, 2.75) is 11.7 Å². The molecule has 3 aromatic rings. The number of rotatable bonds is 8. The number of morpholine rings is 1. The first-order valence-electron chi connectivity index (χ1n) is 9.37. The largest absolute Gasteiger partial charge is 0.496 e. The molecule has 1 aromatic carbocycles. The highest BCUT2D eigenvalue weighted by atomic mass is 32.2. The summed E-state index contributed by atoms with van der Waals surface area (Å²) in [6.45, 7) is 5.20. The predicted molar refractivity (Wildman–Crippen MR) is 108 cm³/mol. The quantitative estimate of drug-likeness (QED) is 0.539. The minimum atomic E-state index is 0.577. The van der Waals surface area contributed by atoms with Crippen molar-refractivity contribution in [3.05, 3.63) is 48.4 Å². The van der Waals surface area contributed by atoms with E-state index in [1.54, 1.807) is 25.1 Å². The third kappa shape index (κ3) is 4.40. The molecular formula is C20H24N4O3S. The van der Waals surface area contributed by atoms with Gasteiger partial charge in [0.05, 0.1) is 38.7 Å². The summed E-state index contributed by atoms with van der Waals surface area (Å²) < 4.78 is 18.6. The molecular weight excluding hydrogens is 376 g/mol. The van der Waals surface area contributed by atoms with Gasteiger partial charge in [-0.2, -0.15) is 0 Å². The van der Waals surface area contributed by atoms with Gasteiger partial charge in [0.25, 0.3) is 0 Å². The van der Waals surface area contributed by atoms with Gasteiger partial charge in [-0.3, -0.25) is 9.47 Å². The molecule has 0 amide bonds. The van der Waals surface area contributed by atoms with Gasteiger partial charge >= 0.3 is 0 Å². The van der Waals surface area contributed by atoms with Crippen LogP contribution in [0.25, 0.3) is 11.4 Å². The van der Waals surface area contributed by atoms with Crippen molar-refractivity contribution >= 4 is 11.8 Å². The Kier molecular flexibility index (Phi) is 6.31. The molecule has 1 aliphatic heterocycles. The molecule has 0 spiro atoms. The maximum absolute atomic E-state index is 5.57. The number of thioether (sulfide) groups is 1. The molecule has 0 radical (unpaired) electrons. The van der Waals surface area contributed by atoms with Gasteiger partial charge in [0, 0.05) is 25.4 Å². The minimum Gasteiger partial charge on any atom is -0.496 e. The van der Waals surface area contributed by atoms with Gasteiger partial charge in [-0.25, -0.2) is 0 Å². The maximum atomic E-state index is 5.57. The number of hydrogen-bond acceptors (Lipinski definition) is 7. The molecule has 8 heteroatoms. The molecule has 0 saturated carbocycles. The van der Waals surface area contributed by atoms with E-state index in [4.69, 9.17) is 13.9 Å². The topological polar surface area (TPSA) is 65.6 Å². The van der Waals surface area contributed by atoms with Crippen molar-refractivity contribution in [1.82, 2.24) is 19.7 Å². The first kappa shape index (κ1) is 19.0. The zero-order chi connectivity index (χ0) is 19.2. The van der Waals surface area contributed by atoms with Crippen LogP contribution in [-0.4, -0.2) is 65.4 Å². The Bertz CT molecular complexity index is 875. The molecule has 0 aliphatic carbocycles. The highest BCUT2D eigenvalue weighted by molar-refractivity contribution is 7.99. The number of benzene rings is 1. The fraction of sp³-hybridized carbons (Fsp3) is 0.400. The smallest absolute Gasteiger partial charge is 0.191 e. The van der Waals surface area contributed by atoms with Crippen LogP contribution < -0.4 is 4.74 Å². The van der Waals surface area contributed by atoms with Crippen LogP contribution in [0.1, 0.15) is 5.76 Å². The van der Waals surface area contributed by atoms with Crippen molar-refractivity contribution in [1.29, 1.82) is 0 Å². The second-order valence-corrected chi connectivity index (χ2v) is 7.54. The van der Waals surface area contributed by atoms with E-state index >= 15 is 0 Å². The summed E-state index contributed by atoms with van der Waals surface area (Å²) >= 11 is 1.72. The van der Waals surface area contributed by atoms with Gasteiger partial charge in [0.2, 0.25) is 0 Å². The molecule has 1 saturated heterocycles. The lowest BCUT2D eigenvalue weighted by Crippen LogP contribution is -2.37. The van der Waals surface area contributed by atoms with Crippen LogP contribution in [0.2, 0.25) is 0 Å². The molecule has 2 aromatic heterocycles. The van der Waals surface area contributed by atoms with Gasteiger partial charge < -0.3 is 13.9 Å². The zero-order valence-corrected chi connectivity index (χ0v) is 16.7. The number of hydrogen-bond donors (Lipinski definition) is 0. The first-order valence-corrected chi connectivity index (χ1v) is 10.4. The van der Waals surface area contributed by atoms with E-state index in [0.29, 0.717) is 6.54 Å². The van der Waals surface area contributed by atoms with Crippen molar-refractivity contribution in [3.8, 4) is 17.1 Å². The van der Waals surface area contributed by atoms with Gasteiger partial charge in [-0.15, -0.1) is 10.2 Å². The van der Waals surface area contributed by atoms with Crippen LogP contribution in [0.5, 0.6) is 5.75 Å². The normalized spacial score (nSPS) is 15.0. The molecule has 7 nitrogen and oxygen atoms in total. The molecule has 3 heterocycles. The van der Waals surface area contributed by atoms with Crippen LogP contribution in [0, 0.1) is 0 Å². The van der Waals surface area contributed by atoms with E-state index in [-0.39, 0.29) is 0 Å². The highest BCUT2D eigenvalue weighted by Gasteiger charge is 2.19. The van der Waals surface area contributed by atoms with Gasteiger partial charge in [0.1, 0.15) is 11.5 Å². The van der Waals surface area contributed by atoms with E-state index in [1.165, 1.54) is 0 Å². The molecule has 148 valence electrons. The van der Waals surface area contributed by atoms with Gasteiger partial charge in [-0.1, -0.05) is 23.9 Å². The summed E-state index contributed by atoms with van der Waals surface area (Å²) in [5, 5.41) is 9.82. The van der Waals surface area contributed by atoms with Crippen molar-refractivity contribution in [2.24, 2.45) is 0 Å². The standard InChI is InChI=1S/C20H24N4O3S/c1-25-18-7-3-2-6-17(18)19-21-22-20(24(19)15-16-5-4-11-27-16)28-14-10-23-8-12-26-13-9-23/h2-7,11H,8-10,12-15H2,1H3. The summed E-state index contributed by atoms with van der Waals surface area (Å²) in [5.74, 6) is 3.37. The molecule has 0 N–H and O–H groups in total. The fourth-order valence-electron chi connectivity index (χ4n) is 3.22. The summed E-state index contributed by atoms with van der Waals surface area (Å²) in [7, 11) is 1.67. The van der Waals surface area contributed by atoms with E-state index in [2.05, 4.69) is 19.7 Å². The monoisotopic (exact) mass is 400 g/mol. The molecule has 1 aliphatic rings. The van der Waals surface area contributed by atoms with Crippen LogP contribution in [-0.2, 0) is 11.3 Å². The third-order valence-corrected chi connectivity index (χ3v) is 5.65. The van der Waals surface area contributed by atoms with Gasteiger partial charge in [-0.05, 0) is 24.3 Å². The highest BCUT2D eigenvalue weighted by Crippen LogP contribution is 2.31. The number of para-hydroxylation sites is 1. The molecule has 0 unspecified atom stereocenters. The predicted octanol–water partition coefficient (Wildman–Crippen LogP) is 3.02. The molecule has 0 bridgehead atoms. The maximum Gasteiger partial charge on any atom is 0.191 e. The van der Waals surface area contributed by atoms with Gasteiger partial charge in [0.15, 0.2) is 11.0 Å². The average molecular weight is 401 g/mol. The fourth-order valence-corrected chi connectivity index (χ4v) is 4.15.